The van der Waals surface area contributed by atoms with Crippen LogP contribution in [0.1, 0.15) is 19.3 Å². The quantitative estimate of drug-likeness (QED) is 0.679. The van der Waals surface area contributed by atoms with Gasteiger partial charge >= 0.3 is 0 Å². The Morgan fingerprint density at radius 2 is 2.21 bits per heavy atom. The van der Waals surface area contributed by atoms with Gasteiger partial charge in [-0.3, -0.25) is 14.5 Å². The molecule has 2 aliphatic rings. The predicted molar refractivity (Wildman–Crippen MR) is 51.8 cm³/mol. The van der Waals surface area contributed by atoms with E-state index in [9.17, 15) is 9.59 Å². The highest BCUT2D eigenvalue weighted by Crippen LogP contribution is 2.29. The third kappa shape index (κ3) is 2.54. The average Bonchev–Trinajstić information content (AvgIpc) is 2.94. The van der Waals surface area contributed by atoms with Crippen LogP contribution in [0.3, 0.4) is 0 Å². The van der Waals surface area contributed by atoms with Crippen LogP contribution >= 0.6 is 0 Å². The fourth-order valence-electron chi connectivity index (χ4n) is 1.73. The molecule has 1 amide bonds. The third-order valence-electron chi connectivity index (χ3n) is 2.82. The summed E-state index contributed by atoms with van der Waals surface area (Å²) in [5, 5.41) is 2.80. The first-order valence-corrected chi connectivity index (χ1v) is 5.27. The molecule has 1 N–H and O–H groups in total. The fraction of sp³-hybridized carbons (Fsp3) is 0.800. The Morgan fingerprint density at radius 1 is 1.43 bits per heavy atom. The summed E-state index contributed by atoms with van der Waals surface area (Å²) in [6.07, 6.45) is 2.67. The lowest BCUT2D eigenvalue weighted by atomic mass is 10.2. The van der Waals surface area contributed by atoms with Gasteiger partial charge in [-0.1, -0.05) is 0 Å². The molecule has 2 fully saturated rings. The van der Waals surface area contributed by atoms with Gasteiger partial charge in [0.15, 0.2) is 0 Å². The van der Waals surface area contributed by atoms with Gasteiger partial charge in [0.25, 0.3) is 0 Å². The van der Waals surface area contributed by atoms with Crippen molar-refractivity contribution in [3.63, 3.8) is 0 Å². The maximum absolute atomic E-state index is 11.5. The molecule has 0 unspecified atom stereocenters. The van der Waals surface area contributed by atoms with Crippen LogP contribution in [0.5, 0.6) is 0 Å². The van der Waals surface area contributed by atoms with Crippen molar-refractivity contribution in [1.29, 1.82) is 0 Å². The molecular formula is C10H16N2O2. The van der Waals surface area contributed by atoms with E-state index in [-0.39, 0.29) is 5.91 Å². The van der Waals surface area contributed by atoms with E-state index in [0.29, 0.717) is 31.2 Å². The molecule has 0 atom stereocenters. The molecule has 1 saturated heterocycles. The Kier molecular flexibility index (Phi) is 2.82. The first kappa shape index (κ1) is 9.65. The SMILES string of the molecule is O=C1CCN(CC(=O)C2CC2)CCN1. The summed E-state index contributed by atoms with van der Waals surface area (Å²) in [6.45, 7) is 2.75. The lowest BCUT2D eigenvalue weighted by molar-refractivity contribution is -0.122. The van der Waals surface area contributed by atoms with E-state index in [1.54, 1.807) is 0 Å². The Morgan fingerprint density at radius 3 is 2.93 bits per heavy atom. The van der Waals surface area contributed by atoms with Crippen molar-refractivity contribution < 1.29 is 9.59 Å². The highest BCUT2D eigenvalue weighted by molar-refractivity contribution is 5.85. The molecule has 4 nitrogen and oxygen atoms in total. The highest BCUT2D eigenvalue weighted by atomic mass is 16.1. The minimum absolute atomic E-state index is 0.103. The van der Waals surface area contributed by atoms with Gasteiger partial charge in [-0.2, -0.15) is 0 Å². The van der Waals surface area contributed by atoms with Crippen molar-refractivity contribution in [3.8, 4) is 0 Å². The maximum Gasteiger partial charge on any atom is 0.221 e. The minimum atomic E-state index is 0.103. The largest absolute Gasteiger partial charge is 0.355 e. The van der Waals surface area contributed by atoms with Gasteiger partial charge in [0.05, 0.1) is 6.54 Å². The lowest BCUT2D eigenvalue weighted by Crippen LogP contribution is -2.33. The summed E-state index contributed by atoms with van der Waals surface area (Å²) in [6, 6.07) is 0. The number of nitrogens with one attached hydrogen (secondary N) is 1. The van der Waals surface area contributed by atoms with Crippen LogP contribution < -0.4 is 5.32 Å². The Labute approximate surface area is 83.6 Å². The van der Waals surface area contributed by atoms with E-state index in [0.717, 1.165) is 25.9 Å². The number of ketones is 1. The maximum atomic E-state index is 11.5. The summed E-state index contributed by atoms with van der Waals surface area (Å²) in [7, 11) is 0. The van der Waals surface area contributed by atoms with Crippen LogP contribution in [-0.2, 0) is 9.59 Å². The van der Waals surface area contributed by atoms with Crippen molar-refractivity contribution in [1.82, 2.24) is 10.2 Å². The van der Waals surface area contributed by atoms with Gasteiger partial charge in [-0.05, 0) is 12.8 Å². The van der Waals surface area contributed by atoms with Crippen molar-refractivity contribution in [2.45, 2.75) is 19.3 Å². The van der Waals surface area contributed by atoms with Gasteiger partial charge in [-0.15, -0.1) is 0 Å². The smallest absolute Gasteiger partial charge is 0.221 e. The van der Waals surface area contributed by atoms with E-state index in [1.165, 1.54) is 0 Å². The van der Waals surface area contributed by atoms with E-state index in [4.69, 9.17) is 0 Å². The number of hydrogen-bond acceptors (Lipinski definition) is 3. The molecule has 0 aromatic carbocycles. The molecule has 0 aromatic heterocycles. The van der Waals surface area contributed by atoms with Crippen LogP contribution in [0.25, 0.3) is 0 Å². The minimum Gasteiger partial charge on any atom is -0.355 e. The Bertz CT molecular complexity index is 249. The predicted octanol–water partition coefficient (Wildman–Crippen LogP) is -0.213. The summed E-state index contributed by atoms with van der Waals surface area (Å²) in [5.41, 5.74) is 0. The van der Waals surface area contributed by atoms with Gasteiger partial charge < -0.3 is 5.32 Å². The third-order valence-corrected chi connectivity index (χ3v) is 2.82. The molecule has 0 bridgehead atoms. The zero-order valence-electron chi connectivity index (χ0n) is 8.29. The topological polar surface area (TPSA) is 49.4 Å². The second kappa shape index (κ2) is 4.09. The number of nitrogens with zero attached hydrogens (tertiary/aromatic N) is 1. The van der Waals surface area contributed by atoms with E-state index >= 15 is 0 Å². The molecule has 2 rings (SSSR count). The molecular weight excluding hydrogens is 180 g/mol. The van der Waals surface area contributed by atoms with Crippen LogP contribution in [0.4, 0.5) is 0 Å². The number of carbonyl (C=O) groups is 2. The molecule has 0 aromatic rings. The van der Waals surface area contributed by atoms with Crippen molar-refractivity contribution in [2.24, 2.45) is 5.92 Å². The number of rotatable bonds is 3. The van der Waals surface area contributed by atoms with Gasteiger partial charge in [0, 0.05) is 32.0 Å². The van der Waals surface area contributed by atoms with Gasteiger partial charge in [0.1, 0.15) is 5.78 Å². The number of Topliss-reactive ketones (excluding diaryl/α,β-unsaturated/α-hetero) is 1. The molecule has 14 heavy (non-hydrogen) atoms. The zero-order chi connectivity index (χ0) is 9.97. The number of carbonyl (C=O) groups excluding carboxylic acids is 2. The lowest BCUT2D eigenvalue weighted by Gasteiger charge is -2.17. The van der Waals surface area contributed by atoms with E-state index in [1.807, 2.05) is 0 Å². The van der Waals surface area contributed by atoms with Crippen molar-refractivity contribution >= 4 is 11.7 Å². The molecule has 0 spiro atoms. The highest BCUT2D eigenvalue weighted by Gasteiger charge is 2.30. The van der Waals surface area contributed by atoms with Crippen LogP contribution in [0, 0.1) is 5.92 Å². The summed E-state index contributed by atoms with van der Waals surface area (Å²) < 4.78 is 0. The first-order valence-electron chi connectivity index (χ1n) is 5.27. The molecule has 4 heteroatoms. The molecule has 0 radical (unpaired) electrons. The van der Waals surface area contributed by atoms with Crippen LogP contribution in [0.2, 0.25) is 0 Å². The van der Waals surface area contributed by atoms with Crippen LogP contribution in [0.15, 0.2) is 0 Å². The van der Waals surface area contributed by atoms with E-state index < -0.39 is 0 Å². The average molecular weight is 196 g/mol. The standard InChI is InChI=1S/C10H16N2O2/c13-9(8-1-2-8)7-12-5-3-10(14)11-4-6-12/h8H,1-7H2,(H,11,14). The first-order chi connectivity index (χ1) is 6.75. The van der Waals surface area contributed by atoms with Gasteiger partial charge in [0.2, 0.25) is 5.91 Å². The van der Waals surface area contributed by atoms with Crippen molar-refractivity contribution in [2.75, 3.05) is 26.2 Å². The molecule has 78 valence electrons. The monoisotopic (exact) mass is 196 g/mol. The summed E-state index contributed by atoms with van der Waals surface area (Å²) >= 11 is 0. The number of amides is 1. The molecule has 1 aliphatic carbocycles. The normalized spacial score (nSPS) is 24.1. The Hall–Kier alpha value is -0.900. The van der Waals surface area contributed by atoms with Crippen molar-refractivity contribution in [3.05, 3.63) is 0 Å². The fourth-order valence-corrected chi connectivity index (χ4v) is 1.73. The van der Waals surface area contributed by atoms with Gasteiger partial charge in [-0.25, -0.2) is 0 Å². The summed E-state index contributed by atoms with van der Waals surface area (Å²) in [5.74, 6) is 0.799. The molecule has 1 aliphatic heterocycles. The second-order valence-electron chi connectivity index (χ2n) is 4.12. The number of hydrogen-bond donors (Lipinski definition) is 1. The van der Waals surface area contributed by atoms with E-state index in [2.05, 4.69) is 10.2 Å². The second-order valence-corrected chi connectivity index (χ2v) is 4.12. The van der Waals surface area contributed by atoms with Crippen LogP contribution in [-0.4, -0.2) is 42.8 Å². The molecule has 1 saturated carbocycles. The zero-order valence-corrected chi connectivity index (χ0v) is 8.29. The summed E-state index contributed by atoms with van der Waals surface area (Å²) in [4.78, 5) is 24.6. The molecule has 1 heterocycles. The Balaban J connectivity index is 1.78.